The lowest BCUT2D eigenvalue weighted by molar-refractivity contribution is -0.00169. The van der Waals surface area contributed by atoms with Crippen molar-refractivity contribution in [1.29, 1.82) is 0 Å². The quantitative estimate of drug-likeness (QED) is 0.794. The van der Waals surface area contributed by atoms with E-state index < -0.39 is 0 Å². The number of ether oxygens (including phenoxy) is 1. The van der Waals surface area contributed by atoms with E-state index in [4.69, 9.17) is 9.15 Å². The highest BCUT2D eigenvalue weighted by Crippen LogP contribution is 2.35. The summed E-state index contributed by atoms with van der Waals surface area (Å²) in [7, 11) is 1.87. The number of nitrogens with one attached hydrogen (secondary N) is 1. The van der Waals surface area contributed by atoms with Crippen molar-refractivity contribution in [3.63, 3.8) is 0 Å². The van der Waals surface area contributed by atoms with Crippen LogP contribution in [-0.4, -0.2) is 18.6 Å². The van der Waals surface area contributed by atoms with Gasteiger partial charge in [-0.25, -0.2) is 4.98 Å². The molecule has 14 heavy (non-hydrogen) atoms. The maximum Gasteiger partial charge on any atom is 0.208 e. The largest absolute Gasteiger partial charge is 0.441 e. The van der Waals surface area contributed by atoms with Gasteiger partial charge in [0.15, 0.2) is 5.76 Å². The first-order valence-electron chi connectivity index (χ1n) is 4.98. The maximum absolute atomic E-state index is 5.66. The van der Waals surface area contributed by atoms with Gasteiger partial charge in [-0.05, 0) is 26.8 Å². The fraction of sp³-hybridized carbons (Fsp3) is 0.700. The van der Waals surface area contributed by atoms with Crippen molar-refractivity contribution in [2.45, 2.75) is 31.9 Å². The van der Waals surface area contributed by atoms with E-state index in [1.54, 1.807) is 6.20 Å². The van der Waals surface area contributed by atoms with Crippen LogP contribution >= 0.6 is 0 Å². The first-order valence-corrected chi connectivity index (χ1v) is 4.98. The molecule has 1 atom stereocenters. The number of hydrogen-bond acceptors (Lipinski definition) is 4. The summed E-state index contributed by atoms with van der Waals surface area (Å²) in [6.45, 7) is 3.54. The van der Waals surface area contributed by atoms with Crippen LogP contribution in [0.3, 0.4) is 0 Å². The fourth-order valence-corrected chi connectivity index (χ4v) is 1.76. The van der Waals surface area contributed by atoms with Crippen molar-refractivity contribution >= 4 is 0 Å². The Balaban J connectivity index is 2.15. The van der Waals surface area contributed by atoms with Crippen LogP contribution in [-0.2, 0) is 16.9 Å². The Kier molecular flexibility index (Phi) is 2.56. The number of oxazole rings is 1. The molecule has 0 aliphatic carbocycles. The molecule has 1 aromatic heterocycles. The third kappa shape index (κ3) is 1.67. The summed E-state index contributed by atoms with van der Waals surface area (Å²) >= 11 is 0. The summed E-state index contributed by atoms with van der Waals surface area (Å²) in [4.78, 5) is 4.19. The van der Waals surface area contributed by atoms with E-state index >= 15 is 0 Å². The Labute approximate surface area is 83.7 Å². The Hall–Kier alpha value is -0.870. The van der Waals surface area contributed by atoms with Gasteiger partial charge in [0.2, 0.25) is 5.89 Å². The van der Waals surface area contributed by atoms with Crippen LogP contribution in [0.15, 0.2) is 10.6 Å². The van der Waals surface area contributed by atoms with Crippen LogP contribution in [0.2, 0.25) is 0 Å². The zero-order chi connectivity index (χ0) is 10.0. The molecule has 1 unspecified atom stereocenters. The second-order valence-corrected chi connectivity index (χ2v) is 3.83. The number of rotatable bonds is 3. The topological polar surface area (TPSA) is 47.3 Å². The van der Waals surface area contributed by atoms with Crippen LogP contribution in [0, 0.1) is 0 Å². The molecule has 78 valence electrons. The average molecular weight is 196 g/mol. The lowest BCUT2D eigenvalue weighted by Crippen LogP contribution is -2.18. The maximum atomic E-state index is 5.66. The molecular weight excluding hydrogens is 180 g/mol. The molecule has 1 aliphatic heterocycles. The van der Waals surface area contributed by atoms with Gasteiger partial charge in [0, 0.05) is 6.61 Å². The summed E-state index contributed by atoms with van der Waals surface area (Å²) in [6.07, 6.45) is 3.89. The van der Waals surface area contributed by atoms with E-state index in [1.165, 1.54) is 0 Å². The Morgan fingerprint density at radius 2 is 2.50 bits per heavy atom. The van der Waals surface area contributed by atoms with E-state index in [2.05, 4.69) is 17.2 Å². The van der Waals surface area contributed by atoms with Gasteiger partial charge < -0.3 is 14.5 Å². The molecule has 4 heteroatoms. The average Bonchev–Trinajstić information content (AvgIpc) is 2.75. The van der Waals surface area contributed by atoms with Crippen molar-refractivity contribution in [3.05, 3.63) is 17.8 Å². The van der Waals surface area contributed by atoms with E-state index in [0.717, 1.165) is 31.1 Å². The van der Waals surface area contributed by atoms with Gasteiger partial charge in [-0.2, -0.15) is 0 Å². The zero-order valence-corrected chi connectivity index (χ0v) is 8.67. The molecule has 1 aromatic rings. The van der Waals surface area contributed by atoms with Crippen LogP contribution in [0.4, 0.5) is 0 Å². The number of nitrogens with zero attached hydrogens (tertiary/aromatic N) is 1. The molecule has 0 aromatic carbocycles. The molecule has 1 N–H and O–H groups in total. The molecule has 2 rings (SSSR count). The van der Waals surface area contributed by atoms with Gasteiger partial charge in [0.25, 0.3) is 0 Å². The predicted molar refractivity (Wildman–Crippen MR) is 51.8 cm³/mol. The molecule has 4 nitrogen and oxygen atoms in total. The minimum Gasteiger partial charge on any atom is -0.441 e. The zero-order valence-electron chi connectivity index (χ0n) is 8.67. The number of hydrogen-bond donors (Lipinski definition) is 1. The van der Waals surface area contributed by atoms with Gasteiger partial charge >= 0.3 is 0 Å². The van der Waals surface area contributed by atoms with Gasteiger partial charge in [-0.15, -0.1) is 0 Å². The summed E-state index contributed by atoms with van der Waals surface area (Å²) in [5.74, 6) is 1.57. The lowest BCUT2D eigenvalue weighted by atomic mass is 10.0. The highest BCUT2D eigenvalue weighted by atomic mass is 16.5. The molecule has 0 saturated carbocycles. The molecule has 0 spiro atoms. The molecule has 1 fully saturated rings. The van der Waals surface area contributed by atoms with Crippen molar-refractivity contribution in [3.8, 4) is 0 Å². The van der Waals surface area contributed by atoms with Crippen molar-refractivity contribution in [2.24, 2.45) is 0 Å². The summed E-state index contributed by atoms with van der Waals surface area (Å²) in [5, 5.41) is 3.00. The van der Waals surface area contributed by atoms with Gasteiger partial charge in [-0.1, -0.05) is 0 Å². The first kappa shape index (κ1) is 9.68. The van der Waals surface area contributed by atoms with Gasteiger partial charge in [-0.3, -0.25) is 0 Å². The summed E-state index contributed by atoms with van der Waals surface area (Å²) in [5.41, 5.74) is -0.251. The highest BCUT2D eigenvalue weighted by molar-refractivity contribution is 5.06. The van der Waals surface area contributed by atoms with Crippen LogP contribution in [0.25, 0.3) is 0 Å². The monoisotopic (exact) mass is 196 g/mol. The second kappa shape index (κ2) is 3.71. The molecule has 1 saturated heterocycles. The molecule has 1 aliphatic rings. The first-order chi connectivity index (χ1) is 6.74. The molecule has 0 amide bonds. The van der Waals surface area contributed by atoms with E-state index in [0.29, 0.717) is 6.54 Å². The third-order valence-corrected chi connectivity index (χ3v) is 2.62. The molecule has 0 radical (unpaired) electrons. The molecular formula is C10H16N2O2. The van der Waals surface area contributed by atoms with E-state index in [-0.39, 0.29) is 5.60 Å². The molecule has 0 bridgehead atoms. The van der Waals surface area contributed by atoms with Crippen molar-refractivity contribution in [1.82, 2.24) is 10.3 Å². The van der Waals surface area contributed by atoms with E-state index in [1.807, 2.05) is 7.05 Å². The smallest absolute Gasteiger partial charge is 0.208 e. The predicted octanol–water partition coefficient (Wildman–Crippen LogP) is 1.42. The summed E-state index contributed by atoms with van der Waals surface area (Å²) in [6, 6.07) is 0. The Bertz CT molecular complexity index is 303. The second-order valence-electron chi connectivity index (χ2n) is 3.83. The van der Waals surface area contributed by atoms with Crippen LogP contribution in [0.1, 0.15) is 31.4 Å². The minimum atomic E-state index is -0.251. The van der Waals surface area contributed by atoms with Crippen LogP contribution < -0.4 is 5.32 Å². The standard InChI is InChI=1S/C10H16N2O2/c1-10(4-3-5-13-10)8-6-12-9(14-8)7-11-2/h6,11H,3-5,7H2,1-2H3. The fourth-order valence-electron chi connectivity index (χ4n) is 1.76. The summed E-state index contributed by atoms with van der Waals surface area (Å²) < 4.78 is 11.3. The highest BCUT2D eigenvalue weighted by Gasteiger charge is 2.35. The van der Waals surface area contributed by atoms with Gasteiger partial charge in [0.05, 0.1) is 12.7 Å². The molecule has 2 heterocycles. The van der Waals surface area contributed by atoms with Crippen LogP contribution in [0.5, 0.6) is 0 Å². The Morgan fingerprint density at radius 3 is 3.14 bits per heavy atom. The third-order valence-electron chi connectivity index (χ3n) is 2.62. The van der Waals surface area contributed by atoms with Gasteiger partial charge in [0.1, 0.15) is 5.60 Å². The lowest BCUT2D eigenvalue weighted by Gasteiger charge is -2.19. The van der Waals surface area contributed by atoms with Crippen molar-refractivity contribution < 1.29 is 9.15 Å². The Morgan fingerprint density at radius 1 is 1.64 bits per heavy atom. The minimum absolute atomic E-state index is 0.251. The van der Waals surface area contributed by atoms with Crippen molar-refractivity contribution in [2.75, 3.05) is 13.7 Å². The number of aromatic nitrogens is 1. The van der Waals surface area contributed by atoms with E-state index in [9.17, 15) is 0 Å². The normalized spacial score (nSPS) is 27.0. The SMILES string of the molecule is CNCc1ncc(C2(C)CCCO2)o1.